The van der Waals surface area contributed by atoms with Crippen LogP contribution in [-0.4, -0.2) is 39.7 Å². The summed E-state index contributed by atoms with van der Waals surface area (Å²) in [5.41, 5.74) is 10.2. The van der Waals surface area contributed by atoms with Gasteiger partial charge >= 0.3 is 0 Å². The summed E-state index contributed by atoms with van der Waals surface area (Å²) < 4.78 is 14.9. The predicted octanol–water partition coefficient (Wildman–Crippen LogP) is 3.20. The quantitative estimate of drug-likeness (QED) is 0.761. The van der Waals surface area contributed by atoms with Crippen molar-refractivity contribution in [3.05, 3.63) is 82.9 Å². The lowest BCUT2D eigenvalue weighted by Gasteiger charge is -2.17. The Morgan fingerprint density at radius 2 is 1.75 bits per heavy atom. The fourth-order valence-corrected chi connectivity index (χ4v) is 3.99. The molecule has 0 bridgehead atoms. The second kappa shape index (κ2) is 7.20. The summed E-state index contributed by atoms with van der Waals surface area (Å²) in [7, 11) is 0. The topological polar surface area (TPSA) is 64.2 Å². The number of amides is 1. The second-order valence-electron chi connectivity index (χ2n) is 7.33. The number of carbonyl (C=O) groups is 1. The Morgan fingerprint density at radius 3 is 2.43 bits per heavy atom. The summed E-state index contributed by atoms with van der Waals surface area (Å²) in [5, 5.41) is 4.51. The lowest BCUT2D eigenvalue weighted by molar-refractivity contribution is 0.0787. The average molecular weight is 378 g/mol. The van der Waals surface area contributed by atoms with E-state index in [4.69, 9.17) is 5.73 Å². The molecule has 0 radical (unpaired) electrons. The van der Waals surface area contributed by atoms with Crippen LogP contribution in [0.15, 0.2) is 54.6 Å². The van der Waals surface area contributed by atoms with Crippen LogP contribution in [0.25, 0.3) is 5.69 Å². The van der Waals surface area contributed by atoms with Crippen molar-refractivity contribution < 1.29 is 9.18 Å². The minimum absolute atomic E-state index is 0.0581. The largest absolute Gasteiger partial charge is 0.336 e. The van der Waals surface area contributed by atoms with Gasteiger partial charge in [0.25, 0.3) is 5.91 Å². The van der Waals surface area contributed by atoms with Crippen molar-refractivity contribution in [2.45, 2.75) is 25.8 Å². The first-order valence-electron chi connectivity index (χ1n) is 9.37. The van der Waals surface area contributed by atoms with E-state index in [0.717, 1.165) is 16.9 Å². The van der Waals surface area contributed by atoms with Gasteiger partial charge in [0, 0.05) is 25.0 Å². The molecule has 0 spiro atoms. The average Bonchev–Trinajstić information content (AvgIpc) is 3.22. The van der Waals surface area contributed by atoms with Gasteiger partial charge < -0.3 is 10.6 Å². The molecule has 1 aliphatic rings. The number of carbonyl (C=O) groups excluding carboxylic acids is 1. The molecule has 1 aliphatic heterocycles. The molecule has 2 aromatic carbocycles. The highest BCUT2D eigenvalue weighted by atomic mass is 19.1. The van der Waals surface area contributed by atoms with Gasteiger partial charge in [0.1, 0.15) is 5.82 Å². The Labute approximate surface area is 163 Å². The molecule has 2 atom stereocenters. The normalized spacial score (nSPS) is 19.2. The van der Waals surface area contributed by atoms with Crippen LogP contribution in [0.2, 0.25) is 0 Å². The molecule has 3 aromatic rings. The van der Waals surface area contributed by atoms with Crippen LogP contribution in [0.3, 0.4) is 0 Å². The van der Waals surface area contributed by atoms with Gasteiger partial charge in [-0.3, -0.25) is 4.79 Å². The van der Waals surface area contributed by atoms with E-state index in [9.17, 15) is 9.18 Å². The van der Waals surface area contributed by atoms with Gasteiger partial charge in [0.05, 0.1) is 22.6 Å². The molecule has 5 nitrogen and oxygen atoms in total. The highest BCUT2D eigenvalue weighted by Gasteiger charge is 2.36. The maximum atomic E-state index is 13.3. The summed E-state index contributed by atoms with van der Waals surface area (Å²) >= 11 is 0. The van der Waals surface area contributed by atoms with Crippen LogP contribution in [0.4, 0.5) is 4.39 Å². The van der Waals surface area contributed by atoms with Crippen molar-refractivity contribution in [1.29, 1.82) is 0 Å². The summed E-state index contributed by atoms with van der Waals surface area (Å²) in [5.74, 6) is -0.241. The zero-order chi connectivity index (χ0) is 19.8. The minimum atomic E-state index is -0.306. The molecule has 0 unspecified atom stereocenters. The van der Waals surface area contributed by atoms with Crippen LogP contribution in [0.5, 0.6) is 0 Å². The number of benzene rings is 2. The SMILES string of the molecule is Cc1nn(-c2ccc(F)cc2)c(C)c1C(=O)N1C[C@H](c2ccccc2)[C@@H](N)C1. The molecular weight excluding hydrogens is 355 g/mol. The Morgan fingerprint density at radius 1 is 1.07 bits per heavy atom. The van der Waals surface area contributed by atoms with Crippen LogP contribution in [0, 0.1) is 19.7 Å². The van der Waals surface area contributed by atoms with E-state index < -0.39 is 0 Å². The summed E-state index contributed by atoms with van der Waals surface area (Å²) in [4.78, 5) is 15.1. The number of nitrogens with two attached hydrogens (primary N) is 1. The lowest BCUT2D eigenvalue weighted by atomic mass is 9.95. The van der Waals surface area contributed by atoms with E-state index >= 15 is 0 Å². The Balaban J connectivity index is 1.61. The van der Waals surface area contributed by atoms with E-state index in [1.807, 2.05) is 36.9 Å². The molecule has 4 rings (SSSR count). The highest BCUT2D eigenvalue weighted by molar-refractivity contribution is 5.97. The first-order chi connectivity index (χ1) is 13.5. The molecule has 2 N–H and O–H groups in total. The predicted molar refractivity (Wildman–Crippen MR) is 106 cm³/mol. The zero-order valence-corrected chi connectivity index (χ0v) is 16.0. The molecular formula is C22H23FN4O. The third-order valence-electron chi connectivity index (χ3n) is 5.46. The Bertz CT molecular complexity index is 997. The number of rotatable bonds is 3. The van der Waals surface area contributed by atoms with Crippen molar-refractivity contribution in [3.8, 4) is 5.69 Å². The number of hydrogen-bond acceptors (Lipinski definition) is 3. The molecule has 1 amide bonds. The maximum absolute atomic E-state index is 13.3. The monoisotopic (exact) mass is 378 g/mol. The van der Waals surface area contributed by atoms with Gasteiger partial charge in [0.2, 0.25) is 0 Å². The second-order valence-corrected chi connectivity index (χ2v) is 7.33. The third kappa shape index (κ3) is 3.20. The summed E-state index contributed by atoms with van der Waals surface area (Å²) in [6, 6.07) is 16.1. The molecule has 1 fully saturated rings. The number of likely N-dealkylation sites (tertiary alicyclic amines) is 1. The van der Waals surface area contributed by atoms with Crippen molar-refractivity contribution in [1.82, 2.24) is 14.7 Å². The number of halogens is 1. The molecule has 28 heavy (non-hydrogen) atoms. The van der Waals surface area contributed by atoms with Gasteiger partial charge in [0.15, 0.2) is 0 Å². The summed E-state index contributed by atoms with van der Waals surface area (Å²) in [6.07, 6.45) is 0. The fraction of sp³-hybridized carbons (Fsp3) is 0.273. The van der Waals surface area contributed by atoms with Crippen LogP contribution < -0.4 is 5.73 Å². The van der Waals surface area contributed by atoms with E-state index in [1.54, 1.807) is 16.8 Å². The molecule has 1 saturated heterocycles. The van der Waals surface area contributed by atoms with Crippen molar-refractivity contribution >= 4 is 5.91 Å². The first-order valence-corrected chi connectivity index (χ1v) is 9.37. The van der Waals surface area contributed by atoms with Crippen molar-refractivity contribution in [3.63, 3.8) is 0 Å². The maximum Gasteiger partial charge on any atom is 0.257 e. The number of nitrogens with zero attached hydrogens (tertiary/aromatic N) is 3. The van der Waals surface area contributed by atoms with Crippen molar-refractivity contribution in [2.75, 3.05) is 13.1 Å². The molecule has 0 aliphatic carbocycles. The molecule has 144 valence electrons. The number of aryl methyl sites for hydroxylation is 1. The van der Waals surface area contributed by atoms with E-state index in [0.29, 0.717) is 24.3 Å². The van der Waals surface area contributed by atoms with Crippen LogP contribution >= 0.6 is 0 Å². The minimum Gasteiger partial charge on any atom is -0.336 e. The Kier molecular flexibility index (Phi) is 4.73. The standard InChI is InChI=1S/C22H23FN4O/c1-14-21(15(2)27(25-14)18-10-8-17(23)9-11-18)22(28)26-12-19(20(24)13-26)16-6-4-3-5-7-16/h3-11,19-20H,12-13,24H2,1-2H3/t19-,20+/m1/s1. The number of aromatic nitrogens is 2. The van der Waals surface area contributed by atoms with Crippen LogP contribution in [-0.2, 0) is 0 Å². The van der Waals surface area contributed by atoms with Crippen LogP contribution in [0.1, 0.15) is 33.2 Å². The third-order valence-corrected chi connectivity index (χ3v) is 5.46. The number of hydrogen-bond donors (Lipinski definition) is 1. The van der Waals surface area contributed by atoms with E-state index in [2.05, 4.69) is 17.2 Å². The zero-order valence-electron chi connectivity index (χ0n) is 16.0. The smallest absolute Gasteiger partial charge is 0.257 e. The van der Waals surface area contributed by atoms with Gasteiger partial charge in [-0.1, -0.05) is 30.3 Å². The van der Waals surface area contributed by atoms with E-state index in [1.165, 1.54) is 12.1 Å². The van der Waals surface area contributed by atoms with Gasteiger partial charge in [-0.15, -0.1) is 0 Å². The Hall–Kier alpha value is -2.99. The first kappa shape index (κ1) is 18.4. The summed E-state index contributed by atoms with van der Waals surface area (Å²) in [6.45, 7) is 4.79. The molecule has 2 heterocycles. The van der Waals surface area contributed by atoms with Crippen molar-refractivity contribution in [2.24, 2.45) is 5.73 Å². The van der Waals surface area contributed by atoms with E-state index in [-0.39, 0.29) is 23.7 Å². The molecule has 1 aromatic heterocycles. The molecule has 0 saturated carbocycles. The molecule has 6 heteroatoms. The van der Waals surface area contributed by atoms with Gasteiger partial charge in [-0.05, 0) is 43.7 Å². The van der Waals surface area contributed by atoms with Gasteiger partial charge in [-0.25, -0.2) is 9.07 Å². The highest BCUT2D eigenvalue weighted by Crippen LogP contribution is 2.29. The van der Waals surface area contributed by atoms with Gasteiger partial charge in [-0.2, -0.15) is 5.10 Å². The fourth-order valence-electron chi connectivity index (χ4n) is 3.99. The lowest BCUT2D eigenvalue weighted by Crippen LogP contribution is -2.32.